The lowest BCUT2D eigenvalue weighted by Crippen LogP contribution is -2.21. The largest absolute Gasteiger partial charge is 0.399 e. The number of rotatable bonds is 4. The van der Waals surface area contributed by atoms with Gasteiger partial charge in [-0.2, -0.15) is 0 Å². The fourth-order valence-corrected chi connectivity index (χ4v) is 3.15. The lowest BCUT2D eigenvalue weighted by molar-refractivity contribution is 0.362. The van der Waals surface area contributed by atoms with Crippen LogP contribution in [0.3, 0.4) is 0 Å². The Morgan fingerprint density at radius 2 is 2.06 bits per heavy atom. The Morgan fingerprint density at radius 3 is 2.75 bits per heavy atom. The summed E-state index contributed by atoms with van der Waals surface area (Å²) in [5, 5.41) is 0. The maximum Gasteiger partial charge on any atom is 0.0317 e. The van der Waals surface area contributed by atoms with E-state index in [1.165, 1.54) is 48.7 Å². The highest BCUT2D eigenvalue weighted by atomic mass is 32.2. The van der Waals surface area contributed by atoms with Crippen molar-refractivity contribution in [1.82, 2.24) is 4.90 Å². The second-order valence-corrected chi connectivity index (χ2v) is 5.56. The maximum atomic E-state index is 5.74. The Kier molecular flexibility index (Phi) is 4.13. The molecular weight excluding hydrogens is 216 g/mol. The molecule has 0 unspecified atom stereocenters. The van der Waals surface area contributed by atoms with E-state index in [4.69, 9.17) is 5.73 Å². The first-order valence-corrected chi connectivity index (χ1v) is 6.95. The van der Waals surface area contributed by atoms with Gasteiger partial charge in [-0.25, -0.2) is 0 Å². The second kappa shape index (κ2) is 5.60. The first-order chi connectivity index (χ1) is 7.75. The number of thioether (sulfide) groups is 1. The summed E-state index contributed by atoms with van der Waals surface area (Å²) >= 11 is 1.95. The highest BCUT2D eigenvalue weighted by Gasteiger charge is 2.10. The van der Waals surface area contributed by atoms with Gasteiger partial charge in [0.1, 0.15) is 0 Å². The number of hydrogen-bond acceptors (Lipinski definition) is 3. The van der Waals surface area contributed by atoms with E-state index in [-0.39, 0.29) is 0 Å². The van der Waals surface area contributed by atoms with Gasteiger partial charge in [0.25, 0.3) is 0 Å². The van der Waals surface area contributed by atoms with Gasteiger partial charge in [0.05, 0.1) is 0 Å². The standard InChI is InChI=1S/C13H20N2S/c1-11-10-12(14)4-5-13(11)16-9-8-15-6-2-3-7-15/h4-5,10H,2-3,6-9,14H2,1H3. The van der Waals surface area contributed by atoms with Crippen molar-refractivity contribution in [2.24, 2.45) is 0 Å². The van der Waals surface area contributed by atoms with Crippen LogP contribution in [0.15, 0.2) is 23.1 Å². The molecule has 88 valence electrons. The number of benzene rings is 1. The summed E-state index contributed by atoms with van der Waals surface area (Å²) in [5.74, 6) is 1.19. The molecule has 0 aliphatic carbocycles. The summed E-state index contributed by atoms with van der Waals surface area (Å²) in [7, 11) is 0. The molecular formula is C13H20N2S. The molecule has 0 amide bonds. The number of hydrogen-bond donors (Lipinski definition) is 1. The first-order valence-electron chi connectivity index (χ1n) is 5.97. The molecule has 1 aromatic rings. The van der Waals surface area contributed by atoms with Crippen LogP contribution in [0.5, 0.6) is 0 Å². The van der Waals surface area contributed by atoms with E-state index in [9.17, 15) is 0 Å². The van der Waals surface area contributed by atoms with Gasteiger partial charge in [-0.1, -0.05) is 0 Å². The second-order valence-electron chi connectivity index (χ2n) is 4.42. The predicted octanol–water partition coefficient (Wildman–Crippen LogP) is 2.77. The summed E-state index contributed by atoms with van der Waals surface area (Å²) < 4.78 is 0. The van der Waals surface area contributed by atoms with E-state index >= 15 is 0 Å². The molecule has 0 bridgehead atoms. The third-order valence-corrected chi connectivity index (χ3v) is 4.22. The molecule has 1 saturated heterocycles. The van der Waals surface area contributed by atoms with Gasteiger partial charge in [-0.05, 0) is 56.6 Å². The fourth-order valence-electron chi connectivity index (χ4n) is 2.13. The molecule has 0 aromatic heterocycles. The normalized spacial score (nSPS) is 16.8. The zero-order chi connectivity index (χ0) is 11.4. The van der Waals surface area contributed by atoms with Gasteiger partial charge in [0.15, 0.2) is 0 Å². The number of nitrogen functional groups attached to an aromatic ring is 1. The predicted molar refractivity (Wildman–Crippen MR) is 72.0 cm³/mol. The lowest BCUT2D eigenvalue weighted by atomic mass is 10.2. The Morgan fingerprint density at radius 1 is 1.31 bits per heavy atom. The molecule has 1 aliphatic heterocycles. The minimum atomic E-state index is 0.862. The zero-order valence-corrected chi connectivity index (χ0v) is 10.7. The average molecular weight is 236 g/mol. The van der Waals surface area contributed by atoms with Gasteiger partial charge in [-0.3, -0.25) is 0 Å². The van der Waals surface area contributed by atoms with Crippen LogP contribution in [0.4, 0.5) is 5.69 Å². The number of nitrogens with zero attached hydrogens (tertiary/aromatic N) is 1. The van der Waals surface area contributed by atoms with Crippen molar-refractivity contribution in [1.29, 1.82) is 0 Å². The van der Waals surface area contributed by atoms with Crippen molar-refractivity contribution in [3.63, 3.8) is 0 Å². The fraction of sp³-hybridized carbons (Fsp3) is 0.538. The molecule has 0 spiro atoms. The van der Waals surface area contributed by atoms with E-state index in [2.05, 4.69) is 24.0 Å². The van der Waals surface area contributed by atoms with Crippen molar-refractivity contribution in [3.05, 3.63) is 23.8 Å². The van der Waals surface area contributed by atoms with Crippen LogP contribution >= 0.6 is 11.8 Å². The first kappa shape index (κ1) is 11.8. The number of anilines is 1. The Bertz CT molecular complexity index is 346. The summed E-state index contributed by atoms with van der Waals surface area (Å²) in [6.07, 6.45) is 2.76. The van der Waals surface area contributed by atoms with Gasteiger partial charge >= 0.3 is 0 Å². The van der Waals surface area contributed by atoms with Crippen molar-refractivity contribution < 1.29 is 0 Å². The molecule has 0 saturated carbocycles. The molecule has 1 aromatic carbocycles. The minimum Gasteiger partial charge on any atom is -0.399 e. The Labute approximate surface area is 102 Å². The molecule has 2 rings (SSSR count). The van der Waals surface area contributed by atoms with Gasteiger partial charge in [0.2, 0.25) is 0 Å². The summed E-state index contributed by atoms with van der Waals surface area (Å²) in [6, 6.07) is 6.18. The van der Waals surface area contributed by atoms with Gasteiger partial charge in [0, 0.05) is 22.9 Å². The zero-order valence-electron chi connectivity index (χ0n) is 9.91. The third kappa shape index (κ3) is 3.16. The van der Waals surface area contributed by atoms with E-state index in [1.807, 2.05) is 17.8 Å². The van der Waals surface area contributed by atoms with Crippen LogP contribution in [0.1, 0.15) is 18.4 Å². The molecule has 2 nitrogen and oxygen atoms in total. The highest BCUT2D eigenvalue weighted by Crippen LogP contribution is 2.24. The molecule has 0 atom stereocenters. The summed E-state index contributed by atoms with van der Waals surface area (Å²) in [4.78, 5) is 3.92. The molecule has 1 heterocycles. The molecule has 0 radical (unpaired) electrons. The third-order valence-electron chi connectivity index (χ3n) is 3.06. The molecule has 1 fully saturated rings. The molecule has 16 heavy (non-hydrogen) atoms. The van der Waals surface area contributed by atoms with Crippen molar-refractivity contribution in [3.8, 4) is 0 Å². The van der Waals surface area contributed by atoms with Gasteiger partial charge < -0.3 is 10.6 Å². The van der Waals surface area contributed by atoms with Crippen LogP contribution in [0.25, 0.3) is 0 Å². The number of likely N-dealkylation sites (tertiary alicyclic amines) is 1. The monoisotopic (exact) mass is 236 g/mol. The molecule has 3 heteroatoms. The quantitative estimate of drug-likeness (QED) is 0.644. The van der Waals surface area contributed by atoms with Crippen LogP contribution < -0.4 is 5.73 Å². The van der Waals surface area contributed by atoms with Crippen molar-refractivity contribution in [2.45, 2.75) is 24.7 Å². The van der Waals surface area contributed by atoms with Crippen molar-refractivity contribution in [2.75, 3.05) is 31.1 Å². The Hall–Kier alpha value is -0.670. The topological polar surface area (TPSA) is 29.3 Å². The van der Waals surface area contributed by atoms with Crippen LogP contribution in [0, 0.1) is 6.92 Å². The summed E-state index contributed by atoms with van der Waals surface area (Å²) in [5.41, 5.74) is 7.90. The van der Waals surface area contributed by atoms with E-state index in [0.717, 1.165) is 5.69 Å². The summed E-state index contributed by atoms with van der Waals surface area (Å²) in [6.45, 7) is 5.94. The molecule has 2 N–H and O–H groups in total. The SMILES string of the molecule is Cc1cc(N)ccc1SCCN1CCCC1. The van der Waals surface area contributed by atoms with Crippen molar-refractivity contribution >= 4 is 17.4 Å². The number of aryl methyl sites for hydroxylation is 1. The maximum absolute atomic E-state index is 5.74. The molecule has 1 aliphatic rings. The smallest absolute Gasteiger partial charge is 0.0317 e. The number of nitrogens with two attached hydrogens (primary N) is 1. The van der Waals surface area contributed by atoms with E-state index in [0.29, 0.717) is 0 Å². The minimum absolute atomic E-state index is 0.862. The lowest BCUT2D eigenvalue weighted by Gasteiger charge is -2.14. The van der Waals surface area contributed by atoms with Gasteiger partial charge in [-0.15, -0.1) is 11.8 Å². The van der Waals surface area contributed by atoms with Crippen LogP contribution in [-0.4, -0.2) is 30.3 Å². The van der Waals surface area contributed by atoms with E-state index in [1.54, 1.807) is 0 Å². The Balaban J connectivity index is 1.80. The highest BCUT2D eigenvalue weighted by molar-refractivity contribution is 7.99. The van der Waals surface area contributed by atoms with Crippen LogP contribution in [-0.2, 0) is 0 Å². The van der Waals surface area contributed by atoms with E-state index < -0.39 is 0 Å². The van der Waals surface area contributed by atoms with Crippen LogP contribution in [0.2, 0.25) is 0 Å². The average Bonchev–Trinajstić information content (AvgIpc) is 2.74.